The fraction of sp³-hybridized carbons (Fsp3) is 0.304. The number of halogens is 3. The van der Waals surface area contributed by atoms with Crippen molar-refractivity contribution in [1.29, 1.82) is 0 Å². The van der Waals surface area contributed by atoms with Crippen LogP contribution in [-0.4, -0.2) is 46.2 Å². The van der Waals surface area contributed by atoms with E-state index >= 15 is 0 Å². The number of aliphatic carboxylic acids is 2. The van der Waals surface area contributed by atoms with Gasteiger partial charge in [0.1, 0.15) is 0 Å². The Morgan fingerprint density at radius 2 is 1.56 bits per heavy atom. The molecule has 0 saturated carbocycles. The number of rotatable bonds is 7. The highest BCUT2D eigenvalue weighted by atomic mass is 19.4. The number of nitrogens with one attached hydrogen (secondary N) is 1. The lowest BCUT2D eigenvalue weighted by Crippen LogP contribution is -2.36. The van der Waals surface area contributed by atoms with Crippen molar-refractivity contribution in [3.63, 3.8) is 0 Å². The molecule has 32 heavy (non-hydrogen) atoms. The Kier molecular flexibility index (Phi) is 9.42. The fourth-order valence-electron chi connectivity index (χ4n) is 3.38. The van der Waals surface area contributed by atoms with E-state index in [2.05, 4.69) is 10.2 Å². The number of benzene rings is 2. The SMILES string of the molecule is FC(F)(F)c1ccccc1CN(Cc1ccccc1)[C@H]1CCNC1.O=C(O)C=CC(=O)O. The highest BCUT2D eigenvalue weighted by Crippen LogP contribution is 2.33. The first-order valence-electron chi connectivity index (χ1n) is 9.94. The maximum Gasteiger partial charge on any atom is 0.416 e. The Bertz CT molecular complexity index is 895. The van der Waals surface area contributed by atoms with Crippen molar-refractivity contribution >= 4 is 11.9 Å². The van der Waals surface area contributed by atoms with Crippen LogP contribution in [-0.2, 0) is 28.9 Å². The summed E-state index contributed by atoms with van der Waals surface area (Å²) in [6, 6.07) is 16.1. The van der Waals surface area contributed by atoms with Crippen molar-refractivity contribution in [2.45, 2.75) is 31.7 Å². The van der Waals surface area contributed by atoms with Crippen LogP contribution in [0.3, 0.4) is 0 Å². The summed E-state index contributed by atoms with van der Waals surface area (Å²) in [6.07, 6.45) is -2.24. The molecule has 1 aliphatic rings. The van der Waals surface area contributed by atoms with E-state index in [1.807, 2.05) is 30.3 Å². The van der Waals surface area contributed by atoms with Crippen LogP contribution in [0.5, 0.6) is 0 Å². The molecule has 2 aromatic rings. The molecule has 0 bridgehead atoms. The second-order valence-electron chi connectivity index (χ2n) is 7.20. The van der Waals surface area contributed by atoms with Crippen LogP contribution < -0.4 is 5.32 Å². The molecule has 0 amide bonds. The van der Waals surface area contributed by atoms with Crippen molar-refractivity contribution in [3.05, 3.63) is 83.4 Å². The molecule has 1 atom stereocenters. The first kappa shape index (κ1) is 25.1. The summed E-state index contributed by atoms with van der Waals surface area (Å²) in [7, 11) is 0. The minimum absolute atomic E-state index is 0.256. The van der Waals surface area contributed by atoms with Gasteiger partial charge in [-0.2, -0.15) is 13.2 Å². The second-order valence-corrected chi connectivity index (χ2v) is 7.20. The van der Waals surface area contributed by atoms with E-state index in [0.29, 0.717) is 30.8 Å². The van der Waals surface area contributed by atoms with Gasteiger partial charge in [0.25, 0.3) is 0 Å². The molecule has 3 rings (SSSR count). The van der Waals surface area contributed by atoms with Crippen molar-refractivity contribution in [2.24, 2.45) is 0 Å². The largest absolute Gasteiger partial charge is 0.478 e. The van der Waals surface area contributed by atoms with Gasteiger partial charge in [-0.3, -0.25) is 4.90 Å². The van der Waals surface area contributed by atoms with Crippen molar-refractivity contribution in [1.82, 2.24) is 10.2 Å². The van der Waals surface area contributed by atoms with Crippen molar-refractivity contribution in [2.75, 3.05) is 13.1 Å². The zero-order chi connectivity index (χ0) is 23.6. The number of carbonyl (C=O) groups is 2. The first-order valence-corrected chi connectivity index (χ1v) is 9.94. The quantitative estimate of drug-likeness (QED) is 0.557. The summed E-state index contributed by atoms with van der Waals surface area (Å²) < 4.78 is 39.8. The van der Waals surface area contributed by atoms with E-state index in [1.165, 1.54) is 12.1 Å². The molecule has 2 aromatic carbocycles. The lowest BCUT2D eigenvalue weighted by Gasteiger charge is -2.29. The molecule has 172 valence electrons. The molecule has 9 heteroatoms. The first-order chi connectivity index (χ1) is 15.2. The zero-order valence-corrected chi connectivity index (χ0v) is 17.3. The molecule has 1 saturated heterocycles. The van der Waals surface area contributed by atoms with Gasteiger partial charge in [-0.1, -0.05) is 48.5 Å². The summed E-state index contributed by atoms with van der Waals surface area (Å²) in [5, 5.41) is 18.9. The number of hydrogen-bond acceptors (Lipinski definition) is 4. The van der Waals surface area contributed by atoms with Crippen molar-refractivity contribution in [3.8, 4) is 0 Å². The van der Waals surface area contributed by atoms with E-state index in [-0.39, 0.29) is 6.04 Å². The molecule has 1 fully saturated rings. The smallest absolute Gasteiger partial charge is 0.416 e. The van der Waals surface area contributed by atoms with E-state index < -0.39 is 23.7 Å². The maximum absolute atomic E-state index is 13.3. The number of carboxylic acid groups (broad SMARTS) is 2. The fourth-order valence-corrected chi connectivity index (χ4v) is 3.38. The Morgan fingerprint density at radius 3 is 2.09 bits per heavy atom. The summed E-state index contributed by atoms with van der Waals surface area (Å²) in [6.45, 7) is 2.69. The summed E-state index contributed by atoms with van der Waals surface area (Å²) >= 11 is 0. The standard InChI is InChI=1S/C19H21F3N2.C4H4O4/c20-19(21,22)18-9-5-4-8-16(18)14-24(17-10-11-23-12-17)13-15-6-2-1-3-7-15;5-3(6)1-2-4(7)8/h1-9,17,23H,10-14H2;1-2H,(H,5,6)(H,7,8)/t17-;/m0./s1. The van der Waals surface area contributed by atoms with Gasteiger partial charge >= 0.3 is 18.1 Å². The molecular formula is C23H25F3N2O4. The average molecular weight is 450 g/mol. The molecule has 6 nitrogen and oxygen atoms in total. The summed E-state index contributed by atoms with van der Waals surface area (Å²) in [5.74, 6) is -2.51. The van der Waals surface area contributed by atoms with Gasteiger partial charge in [-0.05, 0) is 30.2 Å². The van der Waals surface area contributed by atoms with Gasteiger partial charge in [-0.15, -0.1) is 0 Å². The number of nitrogens with zero attached hydrogens (tertiary/aromatic N) is 1. The average Bonchev–Trinajstić information content (AvgIpc) is 3.28. The van der Waals surface area contributed by atoms with Crippen LogP contribution in [0.15, 0.2) is 66.7 Å². The van der Waals surface area contributed by atoms with Crippen molar-refractivity contribution < 1.29 is 33.0 Å². The minimum Gasteiger partial charge on any atom is -0.478 e. The van der Waals surface area contributed by atoms with Crippen LogP contribution >= 0.6 is 0 Å². The van der Waals surface area contributed by atoms with Gasteiger partial charge in [0, 0.05) is 37.8 Å². The molecule has 1 aliphatic heterocycles. The highest BCUT2D eigenvalue weighted by Gasteiger charge is 2.34. The Labute approximate surface area is 184 Å². The third-order valence-corrected chi connectivity index (χ3v) is 4.84. The molecule has 0 aliphatic carbocycles. The third-order valence-electron chi connectivity index (χ3n) is 4.84. The Hall–Kier alpha value is -3.17. The number of hydrogen-bond donors (Lipinski definition) is 3. The van der Waals surface area contributed by atoms with Gasteiger partial charge in [-0.25, -0.2) is 9.59 Å². The topological polar surface area (TPSA) is 89.9 Å². The van der Waals surface area contributed by atoms with Crippen LogP contribution in [0.4, 0.5) is 13.2 Å². The molecule has 0 unspecified atom stereocenters. The predicted octanol–water partition coefficient (Wildman–Crippen LogP) is 3.78. The number of carboxylic acids is 2. The molecule has 0 aromatic heterocycles. The molecule has 0 spiro atoms. The van der Waals surface area contributed by atoms with Gasteiger partial charge < -0.3 is 15.5 Å². The van der Waals surface area contributed by atoms with E-state index in [1.54, 1.807) is 12.1 Å². The summed E-state index contributed by atoms with van der Waals surface area (Å²) in [4.78, 5) is 21.3. The molecular weight excluding hydrogens is 425 g/mol. The van der Waals surface area contributed by atoms with Crippen LogP contribution in [0.2, 0.25) is 0 Å². The third kappa shape index (κ3) is 8.52. The van der Waals surface area contributed by atoms with Crippen LogP contribution in [0.1, 0.15) is 23.1 Å². The monoisotopic (exact) mass is 450 g/mol. The lowest BCUT2D eigenvalue weighted by atomic mass is 10.0. The van der Waals surface area contributed by atoms with Crippen LogP contribution in [0.25, 0.3) is 0 Å². The van der Waals surface area contributed by atoms with E-state index in [9.17, 15) is 22.8 Å². The molecule has 3 N–H and O–H groups in total. The van der Waals surface area contributed by atoms with E-state index in [4.69, 9.17) is 10.2 Å². The van der Waals surface area contributed by atoms with Gasteiger partial charge in [0.2, 0.25) is 0 Å². The molecule has 0 radical (unpaired) electrons. The lowest BCUT2D eigenvalue weighted by molar-refractivity contribution is -0.138. The van der Waals surface area contributed by atoms with Gasteiger partial charge in [0.15, 0.2) is 0 Å². The minimum atomic E-state index is -4.32. The van der Waals surface area contributed by atoms with Gasteiger partial charge in [0.05, 0.1) is 5.56 Å². The maximum atomic E-state index is 13.3. The highest BCUT2D eigenvalue weighted by molar-refractivity contribution is 5.89. The second kappa shape index (κ2) is 12.0. The number of alkyl halides is 3. The predicted molar refractivity (Wildman–Crippen MR) is 113 cm³/mol. The van der Waals surface area contributed by atoms with Crippen LogP contribution in [0, 0.1) is 0 Å². The van der Waals surface area contributed by atoms with E-state index in [0.717, 1.165) is 25.1 Å². The summed E-state index contributed by atoms with van der Waals surface area (Å²) in [5.41, 5.74) is 0.927. The normalized spacial score (nSPS) is 16.1. The molecule has 1 heterocycles. The zero-order valence-electron chi connectivity index (χ0n) is 17.3. The Balaban J connectivity index is 0.000000390. The Morgan fingerprint density at radius 1 is 0.969 bits per heavy atom.